The zero-order valence-electron chi connectivity index (χ0n) is 14.6. The summed E-state index contributed by atoms with van der Waals surface area (Å²) in [4.78, 5) is 14.9. The Kier molecular flexibility index (Phi) is 3.43. The summed E-state index contributed by atoms with van der Waals surface area (Å²) in [6.45, 7) is 2.76. The van der Waals surface area contributed by atoms with Gasteiger partial charge in [-0.15, -0.1) is 10.2 Å². The maximum absolute atomic E-state index is 12.8. The summed E-state index contributed by atoms with van der Waals surface area (Å²) in [5, 5.41) is 13.0. The van der Waals surface area contributed by atoms with Crippen molar-refractivity contribution in [2.45, 2.75) is 50.5 Å². The van der Waals surface area contributed by atoms with Gasteiger partial charge in [0, 0.05) is 51.1 Å². The first kappa shape index (κ1) is 15.1. The van der Waals surface area contributed by atoms with Gasteiger partial charge in [-0.05, 0) is 37.2 Å². The van der Waals surface area contributed by atoms with Gasteiger partial charge in [0.05, 0.1) is 6.20 Å². The number of amides is 1. The number of hydrogen-bond donors (Lipinski definition) is 0. The van der Waals surface area contributed by atoms with Gasteiger partial charge >= 0.3 is 0 Å². The summed E-state index contributed by atoms with van der Waals surface area (Å²) < 4.78 is 4.12. The van der Waals surface area contributed by atoms with Crippen molar-refractivity contribution in [1.29, 1.82) is 0 Å². The number of aryl methyl sites for hydroxylation is 2. The van der Waals surface area contributed by atoms with Gasteiger partial charge in [-0.1, -0.05) is 0 Å². The van der Waals surface area contributed by atoms with Crippen LogP contribution in [0.1, 0.15) is 54.7 Å². The third kappa shape index (κ3) is 2.56. The van der Waals surface area contributed by atoms with Crippen LogP contribution in [0.5, 0.6) is 0 Å². The van der Waals surface area contributed by atoms with Crippen molar-refractivity contribution in [2.75, 3.05) is 13.1 Å². The summed E-state index contributed by atoms with van der Waals surface area (Å²) in [6.07, 6.45) is 9.17. The van der Waals surface area contributed by atoms with E-state index in [1.165, 1.54) is 12.0 Å². The second-order valence-corrected chi connectivity index (χ2v) is 7.73. The maximum atomic E-state index is 12.8. The third-order valence-electron chi connectivity index (χ3n) is 6.07. The topological polar surface area (TPSA) is 68.8 Å². The number of carbonyl (C=O) groups excluding carboxylic acids is 1. The molecule has 0 spiro atoms. The molecule has 2 aliphatic heterocycles. The van der Waals surface area contributed by atoms with Crippen LogP contribution in [0.2, 0.25) is 0 Å². The minimum absolute atomic E-state index is 0.165. The molecule has 0 bridgehead atoms. The molecule has 4 heterocycles. The van der Waals surface area contributed by atoms with Crippen LogP contribution in [0, 0.1) is 5.92 Å². The molecule has 2 atom stereocenters. The Bertz CT molecular complexity index is 800. The minimum atomic E-state index is 0.165. The van der Waals surface area contributed by atoms with Crippen molar-refractivity contribution in [3.8, 4) is 0 Å². The van der Waals surface area contributed by atoms with Gasteiger partial charge in [0.2, 0.25) is 5.91 Å². The van der Waals surface area contributed by atoms with Gasteiger partial charge in [0.1, 0.15) is 11.6 Å². The highest BCUT2D eigenvalue weighted by Crippen LogP contribution is 2.48. The highest BCUT2D eigenvalue weighted by Gasteiger charge is 2.46. The highest BCUT2D eigenvalue weighted by atomic mass is 16.2. The van der Waals surface area contributed by atoms with E-state index in [9.17, 15) is 4.79 Å². The average Bonchev–Trinajstić information content (AvgIpc) is 2.95. The van der Waals surface area contributed by atoms with Crippen LogP contribution >= 0.6 is 0 Å². The molecule has 132 valence electrons. The zero-order chi connectivity index (χ0) is 17.0. The number of aromatic nitrogens is 5. The third-order valence-corrected chi connectivity index (χ3v) is 6.07. The predicted octanol–water partition coefficient (Wildman–Crippen LogP) is 1.47. The number of carbonyl (C=O) groups is 1. The molecule has 2 fully saturated rings. The van der Waals surface area contributed by atoms with E-state index in [2.05, 4.69) is 24.8 Å². The molecule has 7 heteroatoms. The van der Waals surface area contributed by atoms with E-state index >= 15 is 0 Å². The molecule has 7 nitrogen and oxygen atoms in total. The molecule has 0 radical (unpaired) electrons. The molecule has 5 rings (SSSR count). The maximum Gasteiger partial charge on any atom is 0.226 e. The fourth-order valence-electron chi connectivity index (χ4n) is 4.54. The van der Waals surface area contributed by atoms with Crippen molar-refractivity contribution >= 4 is 5.91 Å². The number of fused-ring (bicyclic) bond motifs is 1. The molecular formula is C18H24N6O. The Hall–Kier alpha value is -2.18. The molecular weight excluding hydrogens is 316 g/mol. The van der Waals surface area contributed by atoms with E-state index < -0.39 is 0 Å². The Morgan fingerprint density at radius 2 is 2.04 bits per heavy atom. The van der Waals surface area contributed by atoms with Crippen molar-refractivity contribution < 1.29 is 4.79 Å². The van der Waals surface area contributed by atoms with Crippen molar-refractivity contribution in [2.24, 2.45) is 13.0 Å². The lowest BCUT2D eigenvalue weighted by molar-refractivity contribution is -0.133. The van der Waals surface area contributed by atoms with E-state index in [0.717, 1.165) is 57.0 Å². The summed E-state index contributed by atoms with van der Waals surface area (Å²) in [7, 11) is 1.93. The second-order valence-electron chi connectivity index (χ2n) is 7.73. The van der Waals surface area contributed by atoms with Crippen LogP contribution in [0.3, 0.4) is 0 Å². The lowest BCUT2D eigenvalue weighted by Crippen LogP contribution is -2.39. The quantitative estimate of drug-likeness (QED) is 0.848. The van der Waals surface area contributed by atoms with Crippen LogP contribution in [-0.2, 0) is 24.8 Å². The van der Waals surface area contributed by atoms with Gasteiger partial charge < -0.3 is 9.47 Å². The number of likely N-dealkylation sites (tertiary alicyclic amines) is 1. The summed E-state index contributed by atoms with van der Waals surface area (Å²) >= 11 is 0. The molecule has 0 unspecified atom stereocenters. The fourth-order valence-corrected chi connectivity index (χ4v) is 4.54. The standard InChI is InChI=1S/C18H24N6O/c1-22-11-13(10-19-22)14-9-15(14)18(25)23-7-4-12(5-8-23)17-21-20-16-3-2-6-24(16)17/h10-12,14-15H,2-9H2,1H3/t14-,15-/m1/s1. The van der Waals surface area contributed by atoms with E-state index in [-0.39, 0.29) is 5.92 Å². The minimum Gasteiger partial charge on any atom is -0.342 e. The molecule has 1 amide bonds. The van der Waals surface area contributed by atoms with Gasteiger partial charge in [-0.25, -0.2) is 0 Å². The smallest absolute Gasteiger partial charge is 0.226 e. The SMILES string of the molecule is Cn1cc([C@H]2C[C@H]2C(=O)N2CCC(c3nnc4n3CCC4)CC2)cn1. The molecule has 1 saturated heterocycles. The molecule has 1 saturated carbocycles. The highest BCUT2D eigenvalue weighted by molar-refractivity contribution is 5.83. The predicted molar refractivity (Wildman–Crippen MR) is 91.0 cm³/mol. The van der Waals surface area contributed by atoms with Crippen LogP contribution < -0.4 is 0 Å². The summed E-state index contributed by atoms with van der Waals surface area (Å²) in [6, 6.07) is 0. The van der Waals surface area contributed by atoms with E-state index in [4.69, 9.17) is 0 Å². The Balaban J connectivity index is 1.20. The number of hydrogen-bond acceptors (Lipinski definition) is 4. The van der Waals surface area contributed by atoms with Crippen LogP contribution in [0.15, 0.2) is 12.4 Å². The Labute approximate surface area is 147 Å². The first-order valence-corrected chi connectivity index (χ1v) is 9.40. The van der Waals surface area contributed by atoms with Crippen LogP contribution in [-0.4, -0.2) is 48.4 Å². The van der Waals surface area contributed by atoms with Crippen molar-refractivity contribution in [3.05, 3.63) is 29.6 Å². The second kappa shape index (κ2) is 5.68. The molecule has 1 aliphatic carbocycles. The lowest BCUT2D eigenvalue weighted by Gasteiger charge is -2.31. The average molecular weight is 340 g/mol. The normalized spacial score (nSPS) is 26.0. The van der Waals surface area contributed by atoms with Crippen LogP contribution in [0.4, 0.5) is 0 Å². The van der Waals surface area contributed by atoms with E-state index in [1.54, 1.807) is 0 Å². The van der Waals surface area contributed by atoms with Crippen molar-refractivity contribution in [1.82, 2.24) is 29.4 Å². The fraction of sp³-hybridized carbons (Fsp3) is 0.667. The first-order valence-electron chi connectivity index (χ1n) is 9.40. The molecule has 3 aliphatic rings. The molecule has 25 heavy (non-hydrogen) atoms. The Morgan fingerprint density at radius 3 is 2.80 bits per heavy atom. The Morgan fingerprint density at radius 1 is 1.20 bits per heavy atom. The summed E-state index contributed by atoms with van der Waals surface area (Å²) in [5.74, 6) is 3.62. The number of rotatable bonds is 3. The zero-order valence-corrected chi connectivity index (χ0v) is 14.6. The molecule has 0 N–H and O–H groups in total. The van der Waals surface area contributed by atoms with E-state index in [0.29, 0.717) is 17.7 Å². The number of piperidine rings is 1. The van der Waals surface area contributed by atoms with Crippen molar-refractivity contribution in [3.63, 3.8) is 0 Å². The first-order chi connectivity index (χ1) is 12.2. The van der Waals surface area contributed by atoms with Gasteiger partial charge in [0.15, 0.2) is 0 Å². The molecule has 2 aromatic heterocycles. The molecule has 0 aromatic carbocycles. The van der Waals surface area contributed by atoms with E-state index in [1.807, 2.05) is 24.1 Å². The number of nitrogens with zero attached hydrogens (tertiary/aromatic N) is 6. The van der Waals surface area contributed by atoms with Gasteiger partial charge in [0.25, 0.3) is 0 Å². The lowest BCUT2D eigenvalue weighted by atomic mass is 9.95. The largest absolute Gasteiger partial charge is 0.342 e. The van der Waals surface area contributed by atoms with Crippen LogP contribution in [0.25, 0.3) is 0 Å². The molecule has 2 aromatic rings. The monoisotopic (exact) mass is 340 g/mol. The summed E-state index contributed by atoms with van der Waals surface area (Å²) in [5.41, 5.74) is 1.20. The van der Waals surface area contributed by atoms with Gasteiger partial charge in [-0.3, -0.25) is 9.48 Å². The van der Waals surface area contributed by atoms with Gasteiger partial charge in [-0.2, -0.15) is 5.10 Å².